The molecule has 0 radical (unpaired) electrons. The quantitative estimate of drug-likeness (QED) is 0.0822. The van der Waals surface area contributed by atoms with Gasteiger partial charge >= 0.3 is 0 Å². The molecule has 10 nitrogen and oxygen atoms in total. The number of hydrogen-bond donors (Lipinski definition) is 3. The summed E-state index contributed by atoms with van der Waals surface area (Å²) in [4.78, 5) is 45.2. The van der Waals surface area contributed by atoms with Gasteiger partial charge in [-0.05, 0) is 67.1 Å². The van der Waals surface area contributed by atoms with E-state index < -0.39 is 17.1 Å². The Balaban J connectivity index is 1.32. The third kappa shape index (κ3) is 9.03. The molecule has 1 heterocycles. The van der Waals surface area contributed by atoms with Gasteiger partial charge in [0.15, 0.2) is 16.6 Å². The topological polar surface area (TPSA) is 128 Å². The number of thioether (sulfide) groups is 1. The fraction of sp³-hybridized carbons (Fsp3) is 0.135. The molecule has 13 heteroatoms. The highest BCUT2D eigenvalue weighted by Gasteiger charge is 2.20. The van der Waals surface area contributed by atoms with Crippen LogP contribution in [0.2, 0.25) is 5.02 Å². The van der Waals surface area contributed by atoms with E-state index in [4.69, 9.17) is 25.8 Å². The summed E-state index contributed by atoms with van der Waals surface area (Å²) in [6.45, 7) is 1.78. The number of ether oxygens (including phenoxy) is 3. The smallest absolute Gasteiger partial charge is 0.272 e. The maximum Gasteiger partial charge on any atom is 0.272 e. The Morgan fingerprint density at radius 1 is 0.860 bits per heavy atom. The molecule has 0 spiro atoms. The van der Waals surface area contributed by atoms with Crippen LogP contribution >= 0.6 is 34.7 Å². The standard InChI is InChI=1S/C37H33ClN4O6S2/c1-22(34(43)42-37-41-30(21-49-37)27-15-8-9-16-28(27)38)50-26-14-10-13-25(20-26)39-36(45)29(40-35(44)24-11-6-5-7-12-24)17-23-18-31(46-2)33(48-4)32(19-23)47-3/h5-22H,1-4H3,(H,39,45)(H,40,44)(H,41,42,43)/b29-17+. The lowest BCUT2D eigenvalue weighted by Crippen LogP contribution is -2.30. The van der Waals surface area contributed by atoms with E-state index in [2.05, 4.69) is 20.9 Å². The Labute approximate surface area is 302 Å². The van der Waals surface area contributed by atoms with Crippen LogP contribution in [0.5, 0.6) is 17.2 Å². The summed E-state index contributed by atoms with van der Waals surface area (Å²) in [5.41, 5.74) is 2.78. The van der Waals surface area contributed by atoms with Crippen LogP contribution in [0.4, 0.5) is 10.8 Å². The number of thiazole rings is 1. The van der Waals surface area contributed by atoms with Crippen molar-refractivity contribution in [2.24, 2.45) is 0 Å². The first-order chi connectivity index (χ1) is 24.2. The lowest BCUT2D eigenvalue weighted by molar-refractivity contribution is -0.115. The van der Waals surface area contributed by atoms with E-state index in [0.29, 0.717) is 49.9 Å². The number of halogens is 1. The first-order valence-electron chi connectivity index (χ1n) is 15.2. The molecule has 0 fully saturated rings. The molecule has 0 aliphatic rings. The van der Waals surface area contributed by atoms with Gasteiger partial charge in [0.1, 0.15) is 5.70 Å². The lowest BCUT2D eigenvalue weighted by Gasteiger charge is -2.15. The molecule has 0 aliphatic carbocycles. The van der Waals surface area contributed by atoms with E-state index in [1.807, 2.05) is 29.6 Å². The summed E-state index contributed by atoms with van der Waals surface area (Å²) in [7, 11) is 4.47. The van der Waals surface area contributed by atoms with E-state index in [1.165, 1.54) is 50.5 Å². The van der Waals surface area contributed by atoms with Gasteiger partial charge in [0.25, 0.3) is 11.8 Å². The number of hydrogen-bond acceptors (Lipinski definition) is 9. The minimum Gasteiger partial charge on any atom is -0.493 e. The molecule has 1 atom stereocenters. The fourth-order valence-corrected chi connectivity index (χ4v) is 6.60. The van der Waals surface area contributed by atoms with Crippen LogP contribution in [0.25, 0.3) is 17.3 Å². The van der Waals surface area contributed by atoms with Gasteiger partial charge < -0.3 is 30.2 Å². The second kappa shape index (κ2) is 16.9. The Morgan fingerprint density at radius 2 is 1.56 bits per heavy atom. The van der Waals surface area contributed by atoms with Gasteiger partial charge in [-0.1, -0.05) is 54.1 Å². The SMILES string of the molecule is COc1cc(/C=C(/NC(=O)c2ccccc2)C(=O)Nc2cccc(SC(C)C(=O)Nc3nc(-c4ccccc4Cl)cs3)c2)cc(OC)c1OC. The third-order valence-corrected chi connectivity index (χ3v) is 9.37. The molecular weight excluding hydrogens is 696 g/mol. The first-order valence-corrected chi connectivity index (χ1v) is 17.3. The van der Waals surface area contributed by atoms with E-state index in [0.717, 1.165) is 10.5 Å². The van der Waals surface area contributed by atoms with Crippen LogP contribution in [0, 0.1) is 0 Å². The summed E-state index contributed by atoms with van der Waals surface area (Å²) < 4.78 is 16.3. The van der Waals surface area contributed by atoms with E-state index in [-0.39, 0.29) is 11.6 Å². The summed E-state index contributed by atoms with van der Waals surface area (Å²) in [5, 5.41) is 10.9. The molecule has 3 N–H and O–H groups in total. The molecule has 0 bridgehead atoms. The van der Waals surface area contributed by atoms with Crippen LogP contribution in [0.15, 0.2) is 107 Å². The van der Waals surface area contributed by atoms with Gasteiger partial charge in [0, 0.05) is 32.1 Å². The number of anilines is 2. The number of carbonyl (C=O) groups excluding carboxylic acids is 3. The minimum atomic E-state index is -0.575. The zero-order valence-corrected chi connectivity index (χ0v) is 29.9. The number of rotatable bonds is 13. The summed E-state index contributed by atoms with van der Waals surface area (Å²) >= 11 is 8.93. The highest BCUT2D eigenvalue weighted by Crippen LogP contribution is 2.39. The molecule has 50 heavy (non-hydrogen) atoms. The van der Waals surface area contributed by atoms with Crippen molar-refractivity contribution >= 4 is 69.3 Å². The van der Waals surface area contributed by atoms with Gasteiger partial charge in [0.05, 0.1) is 32.3 Å². The van der Waals surface area contributed by atoms with Crippen molar-refractivity contribution in [3.05, 3.63) is 118 Å². The van der Waals surface area contributed by atoms with Crippen LogP contribution in [0.1, 0.15) is 22.8 Å². The third-order valence-electron chi connectivity index (χ3n) is 7.18. The highest BCUT2D eigenvalue weighted by molar-refractivity contribution is 8.00. The molecule has 1 aromatic heterocycles. The summed E-state index contributed by atoms with van der Waals surface area (Å²) in [6.07, 6.45) is 1.52. The van der Waals surface area contributed by atoms with E-state index >= 15 is 0 Å². The van der Waals surface area contributed by atoms with Crippen molar-refractivity contribution in [3.63, 3.8) is 0 Å². The van der Waals surface area contributed by atoms with Crippen molar-refractivity contribution in [1.29, 1.82) is 0 Å². The second-order valence-corrected chi connectivity index (χ2v) is 13.3. The molecule has 1 unspecified atom stereocenters. The van der Waals surface area contributed by atoms with Crippen molar-refractivity contribution in [1.82, 2.24) is 10.3 Å². The highest BCUT2D eigenvalue weighted by atomic mass is 35.5. The molecule has 3 amide bonds. The number of aromatic nitrogens is 1. The lowest BCUT2D eigenvalue weighted by atomic mass is 10.1. The molecule has 256 valence electrons. The van der Waals surface area contributed by atoms with E-state index in [9.17, 15) is 14.4 Å². The number of nitrogens with one attached hydrogen (secondary N) is 3. The monoisotopic (exact) mass is 728 g/mol. The van der Waals surface area contributed by atoms with Gasteiger partial charge in [-0.3, -0.25) is 14.4 Å². The second-order valence-electron chi connectivity index (χ2n) is 10.6. The average Bonchev–Trinajstić information content (AvgIpc) is 3.59. The minimum absolute atomic E-state index is 0.0291. The average molecular weight is 729 g/mol. The zero-order chi connectivity index (χ0) is 35.6. The molecule has 0 saturated carbocycles. The fourth-order valence-electron chi connectivity index (χ4n) is 4.73. The molecule has 0 aliphatic heterocycles. The van der Waals surface area contributed by atoms with Gasteiger partial charge in [-0.2, -0.15) is 0 Å². The van der Waals surface area contributed by atoms with Crippen LogP contribution in [-0.2, 0) is 9.59 Å². The number of carbonyl (C=O) groups is 3. The van der Waals surface area contributed by atoms with Gasteiger partial charge in [-0.15, -0.1) is 23.1 Å². The van der Waals surface area contributed by atoms with Gasteiger partial charge in [0.2, 0.25) is 11.7 Å². The predicted octanol–water partition coefficient (Wildman–Crippen LogP) is 8.02. The van der Waals surface area contributed by atoms with Crippen molar-refractivity contribution in [3.8, 4) is 28.5 Å². The number of nitrogens with zero attached hydrogens (tertiary/aromatic N) is 1. The predicted molar refractivity (Wildman–Crippen MR) is 200 cm³/mol. The van der Waals surface area contributed by atoms with E-state index in [1.54, 1.807) is 73.7 Å². The Hall–Kier alpha value is -5.30. The molecule has 5 aromatic rings. The Kier molecular flexibility index (Phi) is 12.2. The molecular formula is C37H33ClN4O6S2. The van der Waals surface area contributed by atoms with Crippen molar-refractivity contribution < 1.29 is 28.6 Å². The zero-order valence-electron chi connectivity index (χ0n) is 27.5. The molecule has 4 aromatic carbocycles. The number of benzene rings is 4. The Bertz CT molecular complexity index is 2010. The van der Waals surface area contributed by atoms with Crippen LogP contribution < -0.4 is 30.2 Å². The Morgan fingerprint density at radius 3 is 2.24 bits per heavy atom. The molecule has 0 saturated heterocycles. The molecule has 5 rings (SSSR count). The number of methoxy groups -OCH3 is 3. The number of amides is 3. The van der Waals surface area contributed by atoms with Crippen molar-refractivity contribution in [2.75, 3.05) is 32.0 Å². The largest absolute Gasteiger partial charge is 0.493 e. The van der Waals surface area contributed by atoms with Gasteiger partial charge in [-0.25, -0.2) is 4.98 Å². The maximum atomic E-state index is 13.7. The van der Waals surface area contributed by atoms with Crippen LogP contribution in [0.3, 0.4) is 0 Å². The summed E-state index contributed by atoms with van der Waals surface area (Å²) in [5.74, 6) is -0.130. The van der Waals surface area contributed by atoms with Crippen LogP contribution in [-0.4, -0.2) is 49.3 Å². The summed E-state index contributed by atoms with van der Waals surface area (Å²) in [6, 6.07) is 26.3. The maximum absolute atomic E-state index is 13.7. The normalized spacial score (nSPS) is 11.7. The first kappa shape index (κ1) is 36.0. The van der Waals surface area contributed by atoms with Crippen molar-refractivity contribution in [2.45, 2.75) is 17.1 Å².